The maximum atomic E-state index is 11.7. The van der Waals surface area contributed by atoms with Crippen molar-refractivity contribution in [3.8, 4) is 17.3 Å². The number of hydrogen-bond donors (Lipinski definition) is 1. The number of ether oxygens (including phenoxy) is 1. The van der Waals surface area contributed by atoms with Crippen molar-refractivity contribution in [1.82, 2.24) is 15.0 Å². The summed E-state index contributed by atoms with van der Waals surface area (Å²) in [5, 5.41) is 18.8. The zero-order valence-corrected chi connectivity index (χ0v) is 19.2. The van der Waals surface area contributed by atoms with E-state index in [4.69, 9.17) is 9.97 Å². The number of aromatic nitrogens is 3. The molecule has 3 rings (SSSR count). The molecule has 0 atom stereocenters. The molecule has 9 heteroatoms. The molecule has 0 bridgehead atoms. The lowest BCUT2D eigenvalue weighted by Crippen LogP contribution is -2.25. The summed E-state index contributed by atoms with van der Waals surface area (Å²) in [6.45, 7) is 5.48. The molecule has 32 heavy (non-hydrogen) atoms. The van der Waals surface area contributed by atoms with Gasteiger partial charge >= 0.3 is 5.97 Å². The molecular formula is C23H28N6O3. The van der Waals surface area contributed by atoms with Gasteiger partial charge in [-0.2, -0.15) is 5.26 Å². The van der Waals surface area contributed by atoms with Crippen molar-refractivity contribution < 1.29 is 14.6 Å². The molecule has 1 N–H and O–H groups in total. The van der Waals surface area contributed by atoms with E-state index in [2.05, 4.69) is 15.8 Å². The zero-order chi connectivity index (χ0) is 23.8. The summed E-state index contributed by atoms with van der Waals surface area (Å²) in [5.41, 5.74) is 3.18. The molecule has 0 amide bonds. The third-order valence-electron chi connectivity index (χ3n) is 4.63. The van der Waals surface area contributed by atoms with E-state index in [9.17, 15) is 15.2 Å². The number of pyridine rings is 1. The number of carbonyl (C=O) groups is 1. The van der Waals surface area contributed by atoms with Crippen molar-refractivity contribution in [3.05, 3.63) is 41.6 Å². The molecule has 0 saturated heterocycles. The highest BCUT2D eigenvalue weighted by Crippen LogP contribution is 2.33. The first-order chi connectivity index (χ1) is 15.3. The van der Waals surface area contributed by atoms with E-state index in [1.54, 1.807) is 32.4 Å². The van der Waals surface area contributed by atoms with Crippen LogP contribution >= 0.6 is 0 Å². The SMILES string of the molecule is CCN(CC)c1nc(-c2cccc(C#N)c2)c2nc(C(=O)O)cc(N(C)C)c2n1.COC. The summed E-state index contributed by atoms with van der Waals surface area (Å²) >= 11 is 0. The summed E-state index contributed by atoms with van der Waals surface area (Å²) in [6, 6.07) is 10.7. The zero-order valence-electron chi connectivity index (χ0n) is 19.2. The van der Waals surface area contributed by atoms with Crippen LogP contribution in [-0.2, 0) is 4.74 Å². The number of carboxylic acid groups (broad SMARTS) is 1. The smallest absolute Gasteiger partial charge is 0.354 e. The number of benzene rings is 1. The minimum Gasteiger partial charge on any atom is -0.477 e. The maximum absolute atomic E-state index is 11.7. The molecule has 168 valence electrons. The number of nitriles is 1. The Hall–Kier alpha value is -3.77. The van der Waals surface area contributed by atoms with Gasteiger partial charge in [0.2, 0.25) is 5.95 Å². The molecule has 0 aliphatic heterocycles. The number of methoxy groups -OCH3 is 1. The molecule has 3 aromatic rings. The van der Waals surface area contributed by atoms with Crippen LogP contribution in [0.1, 0.15) is 29.9 Å². The maximum Gasteiger partial charge on any atom is 0.354 e. The average Bonchev–Trinajstić information content (AvgIpc) is 2.79. The van der Waals surface area contributed by atoms with Crippen molar-refractivity contribution >= 4 is 28.6 Å². The molecule has 0 radical (unpaired) electrons. The number of fused-ring (bicyclic) bond motifs is 1. The highest BCUT2D eigenvalue weighted by molar-refractivity contribution is 6.01. The Morgan fingerprint density at radius 2 is 1.75 bits per heavy atom. The fourth-order valence-electron chi connectivity index (χ4n) is 3.11. The van der Waals surface area contributed by atoms with Crippen LogP contribution in [0.4, 0.5) is 11.6 Å². The number of aromatic carboxylic acids is 1. The fourth-order valence-corrected chi connectivity index (χ4v) is 3.11. The van der Waals surface area contributed by atoms with Gasteiger partial charge in [0.1, 0.15) is 16.7 Å². The Morgan fingerprint density at radius 3 is 2.28 bits per heavy atom. The van der Waals surface area contributed by atoms with Gasteiger partial charge in [0.15, 0.2) is 5.69 Å². The molecule has 0 unspecified atom stereocenters. The number of rotatable bonds is 6. The van der Waals surface area contributed by atoms with E-state index in [1.807, 2.05) is 43.8 Å². The summed E-state index contributed by atoms with van der Waals surface area (Å²) in [7, 11) is 6.91. The van der Waals surface area contributed by atoms with Gasteiger partial charge in [0, 0.05) is 47.0 Å². The van der Waals surface area contributed by atoms with Crippen molar-refractivity contribution in [2.45, 2.75) is 13.8 Å². The predicted octanol–water partition coefficient (Wildman–Crippen LogP) is 3.44. The van der Waals surface area contributed by atoms with Crippen LogP contribution in [0, 0.1) is 11.3 Å². The van der Waals surface area contributed by atoms with Gasteiger partial charge in [-0.05, 0) is 32.0 Å². The van der Waals surface area contributed by atoms with Crippen LogP contribution in [-0.4, -0.2) is 67.4 Å². The molecule has 0 saturated carbocycles. The standard InChI is InChI=1S/C21H22N6O2.C2H6O/c1-5-27(6-2)21-24-17(14-9-7-8-13(10-14)12-22)19-18(25-21)16(26(3)4)11-15(23-19)20(28)29;1-3-2/h7-11H,5-6H2,1-4H3,(H,28,29);1-2H3. The number of hydrogen-bond acceptors (Lipinski definition) is 8. The molecule has 2 aromatic heterocycles. The molecule has 0 aliphatic carbocycles. The Morgan fingerprint density at radius 1 is 1.09 bits per heavy atom. The molecule has 0 spiro atoms. The number of carboxylic acids is 1. The molecule has 0 aliphatic rings. The lowest BCUT2D eigenvalue weighted by atomic mass is 10.1. The first kappa shape index (κ1) is 24.5. The summed E-state index contributed by atoms with van der Waals surface area (Å²) < 4.78 is 4.25. The van der Waals surface area contributed by atoms with Crippen LogP contribution in [0.3, 0.4) is 0 Å². The van der Waals surface area contributed by atoms with E-state index in [0.717, 1.165) is 13.1 Å². The summed E-state index contributed by atoms with van der Waals surface area (Å²) in [6.07, 6.45) is 0. The number of anilines is 2. The van der Waals surface area contributed by atoms with Crippen molar-refractivity contribution in [2.75, 3.05) is 51.2 Å². The Labute approximate surface area is 187 Å². The summed E-state index contributed by atoms with van der Waals surface area (Å²) in [4.78, 5) is 29.3. The first-order valence-electron chi connectivity index (χ1n) is 10.1. The normalized spacial score (nSPS) is 10.2. The van der Waals surface area contributed by atoms with E-state index < -0.39 is 5.97 Å². The second kappa shape index (κ2) is 11.0. The van der Waals surface area contributed by atoms with Crippen molar-refractivity contribution in [2.24, 2.45) is 0 Å². The second-order valence-corrected chi connectivity index (χ2v) is 7.07. The monoisotopic (exact) mass is 436 g/mol. The quantitative estimate of drug-likeness (QED) is 0.620. The van der Waals surface area contributed by atoms with E-state index in [1.165, 1.54) is 6.07 Å². The molecule has 9 nitrogen and oxygen atoms in total. The Bertz CT molecular complexity index is 1140. The lowest BCUT2D eigenvalue weighted by Gasteiger charge is -2.22. The summed E-state index contributed by atoms with van der Waals surface area (Å²) in [5.74, 6) is -0.590. The molecule has 0 fully saturated rings. The third-order valence-corrected chi connectivity index (χ3v) is 4.63. The minimum atomic E-state index is -1.13. The van der Waals surface area contributed by atoms with Gasteiger partial charge in [-0.15, -0.1) is 0 Å². The van der Waals surface area contributed by atoms with Gasteiger partial charge in [0.25, 0.3) is 0 Å². The van der Waals surface area contributed by atoms with Crippen molar-refractivity contribution in [1.29, 1.82) is 5.26 Å². The van der Waals surface area contributed by atoms with Crippen LogP contribution < -0.4 is 9.80 Å². The topological polar surface area (TPSA) is 115 Å². The third kappa shape index (κ3) is 5.28. The van der Waals surface area contributed by atoms with Gasteiger partial charge < -0.3 is 19.6 Å². The average molecular weight is 437 g/mol. The van der Waals surface area contributed by atoms with Gasteiger partial charge in [-0.3, -0.25) is 0 Å². The van der Waals surface area contributed by atoms with Crippen LogP contribution in [0.5, 0.6) is 0 Å². The Kier molecular flexibility index (Phi) is 8.44. The molecule has 1 aromatic carbocycles. The predicted molar refractivity (Wildman–Crippen MR) is 125 cm³/mol. The van der Waals surface area contributed by atoms with Crippen LogP contribution in [0.25, 0.3) is 22.3 Å². The van der Waals surface area contributed by atoms with Gasteiger partial charge in [0.05, 0.1) is 17.3 Å². The van der Waals surface area contributed by atoms with E-state index in [-0.39, 0.29) is 5.69 Å². The molecule has 2 heterocycles. The first-order valence-corrected chi connectivity index (χ1v) is 10.1. The Balaban J connectivity index is 0.00000114. The highest BCUT2D eigenvalue weighted by atomic mass is 16.4. The molecular weight excluding hydrogens is 408 g/mol. The van der Waals surface area contributed by atoms with Crippen LogP contribution in [0.15, 0.2) is 30.3 Å². The minimum absolute atomic E-state index is 0.0851. The van der Waals surface area contributed by atoms with Gasteiger partial charge in [-0.25, -0.2) is 19.7 Å². The number of nitrogens with zero attached hydrogens (tertiary/aromatic N) is 6. The van der Waals surface area contributed by atoms with Gasteiger partial charge in [-0.1, -0.05) is 12.1 Å². The lowest BCUT2D eigenvalue weighted by molar-refractivity contribution is 0.0691. The largest absolute Gasteiger partial charge is 0.477 e. The highest BCUT2D eigenvalue weighted by Gasteiger charge is 2.20. The fraction of sp³-hybridized carbons (Fsp3) is 0.348. The second-order valence-electron chi connectivity index (χ2n) is 7.07. The van der Waals surface area contributed by atoms with E-state index in [0.29, 0.717) is 39.5 Å². The van der Waals surface area contributed by atoms with E-state index >= 15 is 0 Å². The van der Waals surface area contributed by atoms with Crippen molar-refractivity contribution in [3.63, 3.8) is 0 Å². The van der Waals surface area contributed by atoms with Crippen LogP contribution in [0.2, 0.25) is 0 Å².